The molecule has 0 heterocycles. The minimum Gasteiger partial charge on any atom is -0.109 e. The Morgan fingerprint density at radius 2 is 0.186 bits per heavy atom. The van der Waals surface area contributed by atoms with Gasteiger partial charge in [-0.1, -0.05) is 7.96 Å². The van der Waals surface area contributed by atoms with Gasteiger partial charge in [0.05, 0.1) is 0 Å². The van der Waals surface area contributed by atoms with E-state index >= 15 is 0 Å². The van der Waals surface area contributed by atoms with Crippen LogP contribution in [0.25, 0.3) is 0 Å². The zero-order valence-corrected chi connectivity index (χ0v) is 157. The van der Waals surface area contributed by atoms with Gasteiger partial charge in [0.15, 0.2) is 0 Å². The van der Waals surface area contributed by atoms with Gasteiger partial charge in [0.25, 0.3) is 0 Å². The van der Waals surface area contributed by atoms with E-state index in [-0.39, 0.29) is 119 Å². The largest absolute Gasteiger partial charge is 0.109 e. The van der Waals surface area contributed by atoms with Gasteiger partial charge in [-0.2, -0.15) is 0 Å². The minimum absolute atomic E-state index is 0.269. The van der Waals surface area contributed by atoms with Crippen molar-refractivity contribution in [2.24, 2.45) is 0 Å². The van der Waals surface area contributed by atoms with Crippen LogP contribution in [0.2, 0.25) is 0 Å². The lowest BCUT2D eigenvalue weighted by molar-refractivity contribution is 4.32. The molecule has 0 fully saturated rings. The average molecular weight is 3260 g/mol. The second-order valence-electron chi connectivity index (χ2n) is 16.2. The van der Waals surface area contributed by atoms with Crippen molar-refractivity contribution < 1.29 is 0 Å². The summed E-state index contributed by atoms with van der Waals surface area (Å²) in [5, 5.41) is 0. The highest BCUT2D eigenvalue weighted by atomic mass is 33.6. The van der Waals surface area contributed by atoms with Gasteiger partial charge in [0.2, 0.25) is 0 Å². The van der Waals surface area contributed by atoms with Crippen LogP contribution in [-0.4, -0.2) is 0 Å². The monoisotopic (exact) mass is 3260 g/mol. The molecule has 0 aliphatic carbocycles. The first-order valence-corrected chi connectivity index (χ1v) is 209. The summed E-state index contributed by atoms with van der Waals surface area (Å²) in [6, 6.07) is 0. The van der Waals surface area contributed by atoms with E-state index in [9.17, 15) is 0 Å². The second kappa shape index (κ2) is 80.6. The van der Waals surface area contributed by atoms with Gasteiger partial charge in [-0.25, -0.2) is 0 Å². The molecule has 102 heteroatoms. The van der Waals surface area contributed by atoms with Crippen LogP contribution in [0.4, 0.5) is 0 Å². The van der Waals surface area contributed by atoms with Crippen molar-refractivity contribution in [1.82, 2.24) is 0 Å². The van der Waals surface area contributed by atoms with Crippen molar-refractivity contribution in [3.05, 3.63) is 0 Å². The minimum atomic E-state index is -0.577. The molecule has 0 aliphatic heterocycles. The van der Waals surface area contributed by atoms with Gasteiger partial charge >= 0.3 is 0 Å². The van der Waals surface area contributed by atoms with Crippen molar-refractivity contribution in [2.75, 3.05) is 0 Å². The molecule has 0 aliphatic rings. The van der Waals surface area contributed by atoms with Gasteiger partial charge in [0, 0.05) is 0 Å². The number of rotatable bonds is 50. The number of hydrogen-bond donors (Lipinski definition) is 0. The van der Waals surface area contributed by atoms with E-state index in [1.54, 1.807) is 0 Å². The average Bonchev–Trinajstić information content (AvgIpc) is 3.40. The molecule has 0 saturated carbocycles. The summed E-state index contributed by atoms with van der Waals surface area (Å²) in [6.07, 6.45) is 0. The molecule has 0 N–H and O–H groups in total. The molecule has 0 aromatic heterocycles. The lowest BCUT2D eigenvalue weighted by atomic mass is 28.4. The molecule has 0 nitrogen and oxygen atoms in total. The lowest BCUT2D eigenvalue weighted by Crippen LogP contribution is -1.74. The summed E-state index contributed by atoms with van der Waals surface area (Å²) in [5.74, 6) is 0. The molecular weight excluding hydrogens is 3160 g/mol. The Labute approximate surface area is 800 Å². The molecule has 0 saturated heterocycles. The zero-order chi connectivity index (χ0) is 80.7. The Morgan fingerprint density at radius 3 is 0.284 bits per heavy atom. The maximum Gasteiger partial charge on any atom is -0.000359 e. The van der Waals surface area contributed by atoms with E-state index in [1.807, 2.05) is 0 Å². The molecule has 0 bridgehead atoms. The Balaban J connectivity index is 14.1. The summed E-state index contributed by atoms with van der Waals surface area (Å²) in [7, 11) is 194. The summed E-state index contributed by atoms with van der Waals surface area (Å²) in [5.41, 5.74) is 0. The van der Waals surface area contributed by atoms with Crippen LogP contribution >= 0.6 is 814 Å². The van der Waals surface area contributed by atoms with Crippen LogP contribution in [0.5, 0.6) is 0 Å². The molecule has 0 aromatic rings. The van der Waals surface area contributed by atoms with E-state index in [2.05, 4.69) is 455 Å². The van der Waals surface area contributed by atoms with Crippen LogP contribution < -0.4 is 0 Å². The van der Waals surface area contributed by atoms with Crippen LogP contribution in [0.1, 0.15) is 0 Å². The Morgan fingerprint density at radius 1 is 0.0980 bits per heavy atom. The number of hydrogen-bond acceptors (Lipinski definition) is 0. The lowest BCUT2D eigenvalue weighted by Gasteiger charge is -2.61. The van der Waals surface area contributed by atoms with E-state index in [0.717, 1.165) is 15.9 Å². The zero-order valence-electron chi connectivity index (χ0n) is 52.4. The quantitative estimate of drug-likeness (QED) is 0.0533. The van der Waals surface area contributed by atoms with Crippen molar-refractivity contribution >= 4 is 814 Å². The van der Waals surface area contributed by atoms with Gasteiger partial charge < -0.3 is 0 Å². The maximum atomic E-state index is 3.80. The summed E-state index contributed by atoms with van der Waals surface area (Å²) < 4.78 is 0. The van der Waals surface area contributed by atoms with Crippen LogP contribution in [0, 0.1) is 0 Å². The highest BCUT2D eigenvalue weighted by molar-refractivity contribution is 9.57. The van der Waals surface area contributed by atoms with Gasteiger partial charge in [0.1, 0.15) is 0 Å². The maximum absolute atomic E-state index is 3.80. The highest BCUT2D eigenvalue weighted by Gasteiger charge is 2.64. The Kier molecular flexibility index (Phi) is 115. The molecule has 0 amide bonds. The molecular formula is H104P102. The first-order valence-electron chi connectivity index (χ1n) is 23.3. The smallest absolute Gasteiger partial charge is 0.000359 e. The van der Waals surface area contributed by atoms with Gasteiger partial charge in [-0.15, -0.1) is 455 Å². The third kappa shape index (κ3) is 51.9. The van der Waals surface area contributed by atoms with Crippen molar-refractivity contribution in [3.8, 4) is 0 Å². The van der Waals surface area contributed by atoms with Crippen molar-refractivity contribution in [3.63, 3.8) is 0 Å². The Bertz CT molecular complexity index is 1730. The highest BCUT2D eigenvalue weighted by Crippen LogP contribution is 3.52. The predicted molar refractivity (Wildman–Crippen MR) is 851 cm³/mol. The third-order valence-corrected chi connectivity index (χ3v) is 732. The van der Waals surface area contributed by atoms with E-state index in [4.69, 9.17) is 0 Å². The molecule has 0 rings (SSSR count). The molecule has 0 radical (unpaired) electrons. The molecule has 0 aromatic carbocycles. The van der Waals surface area contributed by atoms with Crippen LogP contribution in [-0.2, 0) is 0 Å². The van der Waals surface area contributed by atoms with Crippen LogP contribution in [0.3, 0.4) is 0 Å². The first-order chi connectivity index (χ1) is 46.5. The molecule has 57 atom stereocenters. The topological polar surface area (TPSA) is 0 Å². The van der Waals surface area contributed by atoms with Crippen LogP contribution in [0.15, 0.2) is 0 Å². The standard InChI is InChI=1S/H104P102/c1-52-79(54(2)3)94(82(55(4)5)56(6)7)96(85(61(16)17)62(18)19)80(95(83(57(8)9)58(10)11)84(59(12)13)60(14)15)53-81(97(99(86(63(20)21)64(22)23)87(65(24)25)66(26)27)100(88(67(28)29)68(30)31)89(69(32)33)70(34)35)98(101(90(71(36)37)72(38)39)91(73(40)41)74(42)43)102(92(75(44)45)76(46)47)93(77(48)49)78(50)51/h52-53H,1-51H2. The normalized spacial score (nSPS) is 16.0. The molecule has 102 heavy (non-hydrogen) atoms. The van der Waals surface area contributed by atoms with E-state index in [0.29, 0.717) is 0 Å². The molecule has 0 spiro atoms. The Hall–Kier alpha value is 43.9. The van der Waals surface area contributed by atoms with Crippen molar-refractivity contribution in [2.45, 2.75) is 0 Å². The third-order valence-electron chi connectivity index (χ3n) is 9.04. The summed E-state index contributed by atoms with van der Waals surface area (Å²) in [4.78, 5) is 0. The molecule has 614 valence electrons. The van der Waals surface area contributed by atoms with Gasteiger partial charge in [-0.3, -0.25) is 0 Å². The molecule has 57 unspecified atom stereocenters. The fourth-order valence-electron chi connectivity index (χ4n) is 6.22. The fraction of sp³-hybridized carbons (Fsp3) is 0. The van der Waals surface area contributed by atoms with Crippen molar-refractivity contribution in [1.29, 1.82) is 0 Å². The fourth-order valence-corrected chi connectivity index (χ4v) is 1510. The SMILES string of the molecule is PPP(P(P)P)P(P(P(P)P)P(P)P)P(P(PP(P(P(P(P(P)P)P(P)P)P(P(P)P)P(P)P)P(P(P(P)P)P(P)P)P(P(P)P)P(P)P)P(P(P(P(P)P)P(P)P)P(P(P)P)P(P)P)P(P(P(P)P)P(P)P)P(P(P)P)P(P)P)P(P(P(P)P)P(P)P)P(P(P)P)P(P)P)P(P(P)P)P(P)P. The second-order valence-corrected chi connectivity index (χ2v) is 438. The van der Waals surface area contributed by atoms with E-state index in [1.165, 1.54) is 0 Å². The predicted octanol–water partition coefficient (Wildman–Crippen LogP) is 60.0. The summed E-state index contributed by atoms with van der Waals surface area (Å²) in [6.45, 7) is -19.7. The van der Waals surface area contributed by atoms with E-state index < -0.39 is 224 Å². The summed E-state index contributed by atoms with van der Waals surface area (Å²) >= 11 is 0. The first kappa shape index (κ1) is 146. The van der Waals surface area contributed by atoms with Gasteiger partial charge in [-0.05, 0) is 350 Å².